The van der Waals surface area contributed by atoms with E-state index in [4.69, 9.17) is 0 Å². The van der Waals surface area contributed by atoms with Gasteiger partial charge in [-0.2, -0.15) is 0 Å². The molecule has 0 atom stereocenters. The number of hydrogen-bond donors (Lipinski definition) is 0. The number of benzene rings is 10. The summed E-state index contributed by atoms with van der Waals surface area (Å²) in [5.74, 6) is 26.4. The number of fused-ring (bicyclic) bond motifs is 8. The van der Waals surface area contributed by atoms with Gasteiger partial charge in [-0.1, -0.05) is 192 Å². The Balaban J connectivity index is 1.17. The zero-order valence-corrected chi connectivity index (χ0v) is 46.3. The molecule has 0 radical (unpaired) electrons. The third-order valence-corrected chi connectivity index (χ3v) is 31.3. The van der Waals surface area contributed by atoms with Crippen LogP contribution in [-0.2, 0) is 0 Å². The lowest BCUT2D eigenvalue weighted by Gasteiger charge is -2.45. The van der Waals surface area contributed by atoms with Gasteiger partial charge in [0.1, 0.15) is 0 Å². The van der Waals surface area contributed by atoms with Crippen molar-refractivity contribution >= 4 is 113 Å². The normalized spacial score (nSPS) is 12.2. The van der Waals surface area contributed by atoms with Crippen LogP contribution in [0.2, 0.25) is 33.2 Å². The van der Waals surface area contributed by atoms with Crippen LogP contribution in [0.1, 0.15) is 94.2 Å². The van der Waals surface area contributed by atoms with Crippen molar-refractivity contribution in [3.8, 4) is 47.4 Å². The molecule has 0 amide bonds. The quantitative estimate of drug-likeness (QED) is 0.0809. The van der Waals surface area contributed by atoms with E-state index in [9.17, 15) is 0 Å². The zero-order valence-electron chi connectivity index (χ0n) is 44.3. The van der Waals surface area contributed by atoms with E-state index in [2.05, 4.69) is 276 Å². The lowest BCUT2D eigenvalue weighted by atomic mass is 9.92. The number of rotatable bonds is 8. The Morgan fingerprint density at radius 1 is 0.250 bits per heavy atom. The summed E-state index contributed by atoms with van der Waals surface area (Å²) in [5.41, 5.74) is 5.25. The van der Waals surface area contributed by atoms with Crippen molar-refractivity contribution < 1.29 is 0 Å². The van der Waals surface area contributed by atoms with Gasteiger partial charge in [-0.05, 0) is 214 Å². The average molecular weight is 963 g/mol. The van der Waals surface area contributed by atoms with Gasteiger partial charge >= 0.3 is 0 Å². The van der Waals surface area contributed by atoms with Crippen LogP contribution in [0.15, 0.2) is 146 Å². The summed E-state index contributed by atoms with van der Waals surface area (Å²) < 4.78 is 0. The Morgan fingerprint density at radius 3 is 0.625 bits per heavy atom. The van der Waals surface area contributed by atoms with Crippen LogP contribution in [-0.4, -0.2) is 16.1 Å². The molecule has 0 saturated heterocycles. The van der Waals surface area contributed by atoms with Gasteiger partial charge in [0.2, 0.25) is 0 Å². The van der Waals surface area contributed by atoms with Gasteiger partial charge in [0.05, 0.1) is 16.1 Å². The highest BCUT2D eigenvalue weighted by molar-refractivity contribution is 6.99. The van der Waals surface area contributed by atoms with E-state index in [1.807, 2.05) is 0 Å². The molecule has 0 aliphatic carbocycles. The third kappa shape index (κ3) is 7.80. The van der Waals surface area contributed by atoms with Crippen molar-refractivity contribution in [2.75, 3.05) is 0 Å². The predicted octanol–water partition coefficient (Wildman–Crippen LogP) is 18.1. The molecule has 0 heterocycles. The van der Waals surface area contributed by atoms with Crippen LogP contribution in [0.4, 0.5) is 0 Å². The average Bonchev–Trinajstić information content (AvgIpc) is 3.35. The maximum absolute atomic E-state index is 3.64. The van der Waals surface area contributed by atoms with Crippen LogP contribution >= 0.6 is 0 Å². The van der Waals surface area contributed by atoms with E-state index < -0.39 is 16.1 Å². The molecular formula is C70H66Si2. The second kappa shape index (κ2) is 19.2. The highest BCUT2D eigenvalue weighted by Gasteiger charge is 2.48. The minimum atomic E-state index is -2.20. The van der Waals surface area contributed by atoms with E-state index in [0.717, 1.165) is 11.1 Å². The van der Waals surface area contributed by atoms with Crippen LogP contribution in [0.3, 0.4) is 0 Å². The second-order valence-electron chi connectivity index (χ2n) is 22.3. The minimum Gasteiger partial charge on any atom is -0.0648 e. The topological polar surface area (TPSA) is 0 Å². The summed E-state index contributed by atoms with van der Waals surface area (Å²) >= 11 is 0. The monoisotopic (exact) mass is 962 g/mol. The van der Waals surface area contributed by atoms with Gasteiger partial charge in [0, 0.05) is 11.1 Å². The highest BCUT2D eigenvalue weighted by Crippen LogP contribution is 2.48. The SMILES string of the molecule is CC(C)[Si](c1c2cc3ccccc3cc2c(C#CC#CC#CC#Cc2c3cc4ccccc4cc3c([Si](C(C)C)(C(C)C)C(C)C)c3cc4ccccc4cc23)c2cc3ccccc3cc12)(C(C)C)C(C)C. The molecule has 72 heavy (non-hydrogen) atoms. The molecule has 10 aromatic rings. The van der Waals surface area contributed by atoms with Crippen molar-refractivity contribution in [3.05, 3.63) is 157 Å². The highest BCUT2D eigenvalue weighted by atomic mass is 28.3. The first-order valence-corrected chi connectivity index (χ1v) is 30.8. The van der Waals surface area contributed by atoms with Gasteiger partial charge in [-0.3, -0.25) is 0 Å². The molecule has 0 nitrogen and oxygen atoms in total. The fourth-order valence-electron chi connectivity index (χ4n) is 14.4. The first kappa shape index (κ1) is 48.6. The Hall–Kier alpha value is -7.05. The van der Waals surface area contributed by atoms with Gasteiger partial charge in [-0.15, -0.1) is 0 Å². The fourth-order valence-corrected chi connectivity index (χ4v) is 28.6. The Kier molecular flexibility index (Phi) is 12.9. The van der Waals surface area contributed by atoms with E-state index in [1.54, 1.807) is 10.4 Å². The van der Waals surface area contributed by atoms with E-state index in [0.29, 0.717) is 33.2 Å². The van der Waals surface area contributed by atoms with E-state index >= 15 is 0 Å². The minimum absolute atomic E-state index is 0.531. The van der Waals surface area contributed by atoms with Gasteiger partial charge in [-0.25, -0.2) is 0 Å². The molecule has 0 saturated carbocycles. The predicted molar refractivity (Wildman–Crippen MR) is 324 cm³/mol. The molecule has 0 aliphatic rings. The molecule has 354 valence electrons. The summed E-state index contributed by atoms with van der Waals surface area (Å²) in [6.45, 7) is 29.7. The molecule has 0 fully saturated rings. The maximum atomic E-state index is 3.64. The van der Waals surface area contributed by atoms with Crippen LogP contribution in [0, 0.1) is 47.4 Å². The van der Waals surface area contributed by atoms with Crippen LogP contribution in [0.25, 0.3) is 86.2 Å². The summed E-state index contributed by atoms with van der Waals surface area (Å²) in [5, 5.41) is 23.2. The Labute approximate surface area is 430 Å². The van der Waals surface area contributed by atoms with E-state index in [-0.39, 0.29) is 0 Å². The van der Waals surface area contributed by atoms with Crippen molar-refractivity contribution in [1.82, 2.24) is 0 Å². The second-order valence-corrected chi connectivity index (χ2v) is 33.9. The molecule has 0 aromatic heterocycles. The molecule has 0 bridgehead atoms. The molecular weight excluding hydrogens is 897 g/mol. The summed E-state index contributed by atoms with van der Waals surface area (Å²) in [7, 11) is -4.40. The smallest absolute Gasteiger partial charge is 0.0648 e. The maximum Gasteiger partial charge on any atom is 0.0958 e. The van der Waals surface area contributed by atoms with Crippen LogP contribution < -0.4 is 10.4 Å². The van der Waals surface area contributed by atoms with Crippen molar-refractivity contribution in [2.45, 2.75) is 116 Å². The Morgan fingerprint density at radius 2 is 0.431 bits per heavy atom. The zero-order chi connectivity index (χ0) is 50.6. The van der Waals surface area contributed by atoms with Crippen molar-refractivity contribution in [1.29, 1.82) is 0 Å². The molecule has 0 aliphatic heterocycles. The summed E-state index contributed by atoms with van der Waals surface area (Å²) in [4.78, 5) is 0. The van der Waals surface area contributed by atoms with Gasteiger partial charge < -0.3 is 0 Å². The lowest BCUT2D eigenvalue weighted by molar-refractivity contribution is 0.836. The molecule has 0 unspecified atom stereocenters. The fraction of sp³-hybridized carbons (Fsp3) is 0.257. The third-order valence-electron chi connectivity index (χ3n) is 17.0. The van der Waals surface area contributed by atoms with Crippen LogP contribution in [0.5, 0.6) is 0 Å². The molecule has 2 heteroatoms. The summed E-state index contributed by atoms with van der Waals surface area (Å²) in [6.07, 6.45) is 0. The van der Waals surface area contributed by atoms with E-state index in [1.165, 1.54) is 86.2 Å². The van der Waals surface area contributed by atoms with Crippen molar-refractivity contribution in [3.63, 3.8) is 0 Å². The standard InChI is InChI=1S/C70H66Si2/c1-45(2)71(46(3)4,47(5)6)69-65-41-55-31-23-19-27-51(55)37-61(65)59(62-38-52-28-20-24-32-56(52)42-66(62)69)35-17-15-13-14-16-18-36-60-63-39-53-29-21-25-33-57(53)43-67(63)70(72(48(7)8,49(9)10)50(11)12)68-44-58-34-26-22-30-54(58)40-64(60)68/h19-34,37-50H,1-12H3. The van der Waals surface area contributed by atoms with Gasteiger partial charge in [0.25, 0.3) is 0 Å². The first-order chi connectivity index (χ1) is 34.7. The molecule has 0 N–H and O–H groups in total. The summed E-state index contributed by atoms with van der Waals surface area (Å²) in [6, 6.07) is 54.5. The molecule has 10 rings (SSSR count). The lowest BCUT2D eigenvalue weighted by Crippen LogP contribution is -2.56. The first-order valence-electron chi connectivity index (χ1n) is 26.3. The van der Waals surface area contributed by atoms with Crippen molar-refractivity contribution in [2.24, 2.45) is 0 Å². The largest absolute Gasteiger partial charge is 0.0958 e. The Bertz CT molecular complexity index is 3590. The number of hydrogen-bond acceptors (Lipinski definition) is 0. The van der Waals surface area contributed by atoms with Gasteiger partial charge in [0.15, 0.2) is 0 Å². The molecule has 10 aromatic carbocycles. The molecule has 0 spiro atoms.